The second-order valence-electron chi connectivity index (χ2n) is 16.1. The molecular formula is C48H84NO8P. The number of ether oxygens (including phenoxy) is 2. The number of allylic oxidation sites excluding steroid dienone is 11. The first-order valence-corrected chi connectivity index (χ1v) is 24.1. The van der Waals surface area contributed by atoms with E-state index in [1.54, 1.807) is 0 Å². The van der Waals surface area contributed by atoms with Gasteiger partial charge in [0.05, 0.1) is 27.7 Å². The van der Waals surface area contributed by atoms with E-state index in [4.69, 9.17) is 18.5 Å². The van der Waals surface area contributed by atoms with E-state index >= 15 is 0 Å². The normalized spacial score (nSPS) is 14.0. The lowest BCUT2D eigenvalue weighted by Crippen LogP contribution is -2.37. The van der Waals surface area contributed by atoms with Gasteiger partial charge in [-0.3, -0.25) is 14.2 Å². The van der Waals surface area contributed by atoms with Gasteiger partial charge in [-0.05, 0) is 64.2 Å². The highest BCUT2D eigenvalue weighted by Crippen LogP contribution is 2.38. The zero-order valence-electron chi connectivity index (χ0n) is 37.3. The highest BCUT2D eigenvalue weighted by atomic mass is 31.2. The molecule has 0 saturated carbocycles. The molecule has 58 heavy (non-hydrogen) atoms. The van der Waals surface area contributed by atoms with Gasteiger partial charge in [0.1, 0.15) is 19.8 Å². The van der Waals surface area contributed by atoms with E-state index in [0.29, 0.717) is 23.9 Å². The van der Waals surface area contributed by atoms with E-state index in [1.165, 1.54) is 83.5 Å². The fraction of sp³-hybridized carbons (Fsp3) is 0.708. The number of hydrogen-bond donors (Lipinski definition) is 0. The van der Waals surface area contributed by atoms with Crippen LogP contribution in [0.1, 0.15) is 167 Å². The zero-order valence-corrected chi connectivity index (χ0v) is 38.2. The van der Waals surface area contributed by atoms with Crippen LogP contribution in [0.4, 0.5) is 0 Å². The first kappa shape index (κ1) is 55.5. The van der Waals surface area contributed by atoms with Crippen LogP contribution in [0.2, 0.25) is 0 Å². The van der Waals surface area contributed by atoms with Crippen molar-refractivity contribution in [3.8, 4) is 0 Å². The van der Waals surface area contributed by atoms with Gasteiger partial charge < -0.3 is 27.9 Å². The van der Waals surface area contributed by atoms with Crippen LogP contribution in [-0.4, -0.2) is 70.0 Å². The summed E-state index contributed by atoms with van der Waals surface area (Å²) in [6.45, 7) is 5.63. The van der Waals surface area contributed by atoms with E-state index in [0.717, 1.165) is 51.4 Å². The molecule has 0 saturated heterocycles. The predicted molar refractivity (Wildman–Crippen MR) is 240 cm³/mol. The Labute approximate surface area is 355 Å². The van der Waals surface area contributed by atoms with Gasteiger partial charge in [0.2, 0.25) is 0 Å². The first-order valence-electron chi connectivity index (χ1n) is 22.6. The van der Waals surface area contributed by atoms with E-state index in [2.05, 4.69) is 62.1 Å². The quantitative estimate of drug-likeness (QED) is 0.0197. The molecule has 0 rings (SSSR count). The summed E-state index contributed by atoms with van der Waals surface area (Å²) >= 11 is 0. The monoisotopic (exact) mass is 834 g/mol. The van der Waals surface area contributed by atoms with Gasteiger partial charge in [-0.2, -0.15) is 0 Å². The molecule has 0 aromatic carbocycles. The molecule has 9 nitrogen and oxygen atoms in total. The number of rotatable bonds is 41. The van der Waals surface area contributed by atoms with Crippen molar-refractivity contribution in [1.29, 1.82) is 0 Å². The van der Waals surface area contributed by atoms with E-state index in [-0.39, 0.29) is 26.1 Å². The molecule has 0 fully saturated rings. The third-order valence-electron chi connectivity index (χ3n) is 9.36. The Morgan fingerprint density at radius 1 is 0.586 bits per heavy atom. The minimum Gasteiger partial charge on any atom is -0.756 e. The molecule has 334 valence electrons. The summed E-state index contributed by atoms with van der Waals surface area (Å²) in [7, 11) is 1.12. The number of phosphoric acid groups is 1. The maximum absolute atomic E-state index is 12.7. The van der Waals surface area contributed by atoms with Crippen molar-refractivity contribution in [1.82, 2.24) is 0 Å². The average Bonchev–Trinajstić information content (AvgIpc) is 3.17. The summed E-state index contributed by atoms with van der Waals surface area (Å²) in [4.78, 5) is 37.5. The van der Waals surface area contributed by atoms with Crippen molar-refractivity contribution < 1.29 is 42.1 Å². The SMILES string of the molecule is C=CCCCCCCCCCCCCCCCC(=O)O[C@H](COC(=O)CC/C=C/C/C=C/C/C=C/C/C=C/C/C=C/CCCCC)COP(=O)([O-])OCC[N+](C)(C)C. The van der Waals surface area contributed by atoms with Crippen LogP contribution in [0.15, 0.2) is 73.4 Å². The second-order valence-corrected chi connectivity index (χ2v) is 17.6. The van der Waals surface area contributed by atoms with Crippen molar-refractivity contribution in [3.63, 3.8) is 0 Å². The first-order chi connectivity index (χ1) is 28.0. The molecule has 0 heterocycles. The van der Waals surface area contributed by atoms with Crippen molar-refractivity contribution in [3.05, 3.63) is 73.4 Å². The van der Waals surface area contributed by atoms with Gasteiger partial charge in [0, 0.05) is 12.8 Å². The molecule has 0 spiro atoms. The van der Waals surface area contributed by atoms with Gasteiger partial charge in [-0.25, -0.2) is 0 Å². The lowest BCUT2D eigenvalue weighted by atomic mass is 10.0. The average molecular weight is 834 g/mol. The molecular weight excluding hydrogens is 750 g/mol. The number of unbranched alkanes of at least 4 members (excludes halogenated alkanes) is 16. The number of quaternary nitrogens is 1. The minimum absolute atomic E-state index is 0.0453. The third-order valence-corrected chi connectivity index (χ3v) is 10.3. The lowest BCUT2D eigenvalue weighted by molar-refractivity contribution is -0.870. The van der Waals surface area contributed by atoms with Gasteiger partial charge in [-0.15, -0.1) is 6.58 Å². The highest BCUT2D eigenvalue weighted by molar-refractivity contribution is 7.45. The molecule has 0 N–H and O–H groups in total. The zero-order chi connectivity index (χ0) is 42.8. The van der Waals surface area contributed by atoms with Crippen LogP contribution in [0.3, 0.4) is 0 Å². The van der Waals surface area contributed by atoms with Crippen molar-refractivity contribution in [2.75, 3.05) is 47.5 Å². The summed E-state index contributed by atoms with van der Waals surface area (Å²) in [6, 6.07) is 0. The number of esters is 2. The minimum atomic E-state index is -4.64. The van der Waals surface area contributed by atoms with Crippen molar-refractivity contribution >= 4 is 19.8 Å². The third kappa shape index (κ3) is 43.0. The van der Waals surface area contributed by atoms with Gasteiger partial charge in [0.15, 0.2) is 6.10 Å². The molecule has 0 radical (unpaired) electrons. The maximum atomic E-state index is 12.7. The summed E-state index contributed by atoms with van der Waals surface area (Å²) < 4.78 is 33.8. The molecule has 0 aromatic rings. The molecule has 1 unspecified atom stereocenters. The number of carbonyl (C=O) groups excluding carboxylic acids is 2. The smallest absolute Gasteiger partial charge is 0.306 e. The van der Waals surface area contributed by atoms with E-state index < -0.39 is 32.5 Å². The Hall–Kier alpha value is -2.55. The molecule has 0 bridgehead atoms. The second kappa shape index (κ2) is 39.9. The van der Waals surface area contributed by atoms with Crippen molar-refractivity contribution in [2.24, 2.45) is 0 Å². The topological polar surface area (TPSA) is 111 Å². The van der Waals surface area contributed by atoms with Crippen LogP contribution < -0.4 is 4.89 Å². The summed E-state index contributed by atoms with van der Waals surface area (Å²) in [5.74, 6) is -0.937. The van der Waals surface area contributed by atoms with Crippen LogP contribution in [0, 0.1) is 0 Å². The van der Waals surface area contributed by atoms with Crippen molar-refractivity contribution in [2.45, 2.75) is 174 Å². The fourth-order valence-electron chi connectivity index (χ4n) is 5.79. The number of phosphoric ester groups is 1. The maximum Gasteiger partial charge on any atom is 0.306 e. The van der Waals surface area contributed by atoms with E-state index in [9.17, 15) is 19.0 Å². The van der Waals surface area contributed by atoms with Gasteiger partial charge >= 0.3 is 11.9 Å². The van der Waals surface area contributed by atoms with Crippen LogP contribution in [0.25, 0.3) is 0 Å². The number of nitrogens with zero attached hydrogens (tertiary/aromatic N) is 1. The van der Waals surface area contributed by atoms with Crippen LogP contribution in [0.5, 0.6) is 0 Å². The number of likely N-dealkylation sites (N-methyl/N-ethyl adjacent to an activating group) is 1. The Kier molecular flexibility index (Phi) is 38.1. The Morgan fingerprint density at radius 2 is 1.05 bits per heavy atom. The standard InChI is InChI=1S/C48H84NO8P/c1-6-8-10-12-14-16-18-20-22-23-24-25-27-28-30-32-34-36-38-40-47(50)54-44-46(45-56-58(52,53)55-43-42-49(3,4)5)57-48(51)41-39-37-35-33-31-29-26-21-19-17-15-13-11-9-7-2/h7,14,16,20,22,24-25,28,30,34,36,46H,2,6,8-13,15,17-19,21,23,26-27,29,31-33,35,37-45H2,1,3-5H3/b16-14+,22-20+,25-24+,30-28+,36-34+/t46-/m1/s1. The van der Waals surface area contributed by atoms with Gasteiger partial charge in [0.25, 0.3) is 7.82 Å². The highest BCUT2D eigenvalue weighted by Gasteiger charge is 2.21. The van der Waals surface area contributed by atoms with Crippen LogP contribution >= 0.6 is 7.82 Å². The predicted octanol–water partition coefficient (Wildman–Crippen LogP) is 12.4. The molecule has 0 aliphatic heterocycles. The summed E-state index contributed by atoms with van der Waals surface area (Å²) in [6.07, 6.45) is 48.3. The fourth-order valence-corrected chi connectivity index (χ4v) is 6.52. The summed E-state index contributed by atoms with van der Waals surface area (Å²) in [5.41, 5.74) is 0. The van der Waals surface area contributed by atoms with Gasteiger partial charge in [-0.1, -0.05) is 157 Å². The Morgan fingerprint density at radius 3 is 1.55 bits per heavy atom. The Bertz CT molecular complexity index is 1200. The lowest BCUT2D eigenvalue weighted by Gasteiger charge is -2.28. The summed E-state index contributed by atoms with van der Waals surface area (Å²) in [5, 5.41) is 0. The molecule has 0 aliphatic carbocycles. The number of hydrogen-bond acceptors (Lipinski definition) is 8. The molecule has 0 aromatic heterocycles. The molecule has 2 atom stereocenters. The Balaban J connectivity index is 4.45. The molecule has 0 aliphatic rings. The van der Waals surface area contributed by atoms with Crippen LogP contribution in [-0.2, 0) is 32.7 Å². The molecule has 0 amide bonds. The number of carbonyl (C=O) groups is 2. The largest absolute Gasteiger partial charge is 0.756 e. The van der Waals surface area contributed by atoms with E-state index in [1.807, 2.05) is 39.4 Å². The molecule has 10 heteroatoms.